The molecule has 0 saturated heterocycles. The van der Waals surface area contributed by atoms with Gasteiger partial charge in [-0.15, -0.1) is 0 Å². The molecule has 0 radical (unpaired) electrons. The van der Waals surface area contributed by atoms with Gasteiger partial charge in [-0.2, -0.15) is 0 Å². The molecule has 2 heterocycles. The standard InChI is InChI=1S/C21H22FN3O4S/c1-13-5-2-3-7-17(13)24-30(28,29)18-11-15(22)9-8-14(18)12-25-20(26)16-6-4-10-23-19(16)21(25)27/h4,6,8-11,13,17,24H,2-3,5,7,12H2,1H3/t13-,17+/m0/s1. The zero-order chi connectivity index (χ0) is 21.5. The van der Waals surface area contributed by atoms with Crippen molar-refractivity contribution >= 4 is 21.8 Å². The summed E-state index contributed by atoms with van der Waals surface area (Å²) in [6.45, 7) is 1.70. The van der Waals surface area contributed by atoms with E-state index in [-0.39, 0.29) is 40.2 Å². The van der Waals surface area contributed by atoms with Crippen LogP contribution in [0.4, 0.5) is 4.39 Å². The Morgan fingerprint density at radius 3 is 2.67 bits per heavy atom. The lowest BCUT2D eigenvalue weighted by atomic mass is 9.87. The van der Waals surface area contributed by atoms with Crippen LogP contribution in [0.2, 0.25) is 0 Å². The van der Waals surface area contributed by atoms with E-state index < -0.39 is 27.7 Å². The average Bonchev–Trinajstić information content (AvgIpc) is 2.96. The first-order valence-electron chi connectivity index (χ1n) is 9.90. The Kier molecular flexibility index (Phi) is 5.42. The zero-order valence-electron chi connectivity index (χ0n) is 16.5. The Morgan fingerprint density at radius 2 is 1.93 bits per heavy atom. The number of amides is 2. The van der Waals surface area contributed by atoms with Crippen LogP contribution in [0.1, 0.15) is 59.0 Å². The minimum absolute atomic E-state index is 0.0307. The van der Waals surface area contributed by atoms with Crippen LogP contribution >= 0.6 is 0 Å². The Hall–Kier alpha value is -2.65. The van der Waals surface area contributed by atoms with Gasteiger partial charge in [-0.25, -0.2) is 17.5 Å². The predicted molar refractivity (Wildman–Crippen MR) is 107 cm³/mol. The van der Waals surface area contributed by atoms with E-state index in [4.69, 9.17) is 0 Å². The number of halogens is 1. The number of carbonyl (C=O) groups excluding carboxylic acids is 2. The number of aromatic nitrogens is 1. The van der Waals surface area contributed by atoms with E-state index in [0.29, 0.717) is 0 Å². The number of rotatable bonds is 5. The lowest BCUT2D eigenvalue weighted by Gasteiger charge is -2.29. The van der Waals surface area contributed by atoms with Gasteiger partial charge in [-0.1, -0.05) is 25.8 Å². The van der Waals surface area contributed by atoms with Gasteiger partial charge >= 0.3 is 0 Å². The molecule has 1 aliphatic carbocycles. The van der Waals surface area contributed by atoms with E-state index in [9.17, 15) is 22.4 Å². The van der Waals surface area contributed by atoms with Crippen molar-refractivity contribution in [1.29, 1.82) is 0 Å². The van der Waals surface area contributed by atoms with E-state index in [1.165, 1.54) is 18.3 Å². The van der Waals surface area contributed by atoms with Crippen LogP contribution < -0.4 is 4.72 Å². The fraction of sp³-hybridized carbons (Fsp3) is 0.381. The van der Waals surface area contributed by atoms with Crippen LogP contribution in [0, 0.1) is 11.7 Å². The van der Waals surface area contributed by atoms with Crippen molar-refractivity contribution in [1.82, 2.24) is 14.6 Å². The summed E-state index contributed by atoms with van der Waals surface area (Å²) in [5.41, 5.74) is 0.369. The summed E-state index contributed by atoms with van der Waals surface area (Å²) in [5.74, 6) is -1.69. The maximum absolute atomic E-state index is 14.0. The smallest absolute Gasteiger partial charge is 0.268 e. The monoisotopic (exact) mass is 431 g/mol. The summed E-state index contributed by atoms with van der Waals surface area (Å²) in [7, 11) is -4.04. The number of imide groups is 1. The van der Waals surface area contributed by atoms with Crippen molar-refractivity contribution < 1.29 is 22.4 Å². The minimum atomic E-state index is -4.04. The predicted octanol–water partition coefficient (Wildman–Crippen LogP) is 2.87. The van der Waals surface area contributed by atoms with Crippen molar-refractivity contribution in [2.75, 3.05) is 0 Å². The molecule has 30 heavy (non-hydrogen) atoms. The number of fused-ring (bicyclic) bond motifs is 1. The highest BCUT2D eigenvalue weighted by atomic mass is 32.2. The van der Waals surface area contributed by atoms with Crippen LogP contribution in [-0.2, 0) is 16.6 Å². The second-order valence-electron chi connectivity index (χ2n) is 7.84. The molecule has 0 bridgehead atoms. The number of nitrogens with zero attached hydrogens (tertiary/aromatic N) is 2. The number of sulfonamides is 1. The topological polar surface area (TPSA) is 96.4 Å². The molecule has 0 spiro atoms. The van der Waals surface area contributed by atoms with E-state index >= 15 is 0 Å². The van der Waals surface area contributed by atoms with Crippen LogP contribution in [0.3, 0.4) is 0 Å². The Morgan fingerprint density at radius 1 is 1.17 bits per heavy atom. The van der Waals surface area contributed by atoms with Gasteiger partial charge in [0.05, 0.1) is 17.0 Å². The summed E-state index contributed by atoms with van der Waals surface area (Å²) in [4.78, 5) is 29.9. The minimum Gasteiger partial charge on any atom is -0.268 e. The number of nitrogens with one attached hydrogen (secondary N) is 1. The molecule has 1 saturated carbocycles. The van der Waals surface area contributed by atoms with Crippen molar-refractivity contribution in [3.05, 3.63) is 59.2 Å². The number of pyridine rings is 1. The van der Waals surface area contributed by atoms with Gasteiger partial charge in [-0.05, 0) is 48.6 Å². The van der Waals surface area contributed by atoms with E-state index in [2.05, 4.69) is 9.71 Å². The largest absolute Gasteiger partial charge is 0.280 e. The molecule has 9 heteroatoms. The number of benzene rings is 1. The molecular weight excluding hydrogens is 409 g/mol. The van der Waals surface area contributed by atoms with Crippen molar-refractivity contribution in [2.24, 2.45) is 5.92 Å². The number of carbonyl (C=O) groups is 2. The summed E-state index contributed by atoms with van der Waals surface area (Å²) >= 11 is 0. The zero-order valence-corrected chi connectivity index (χ0v) is 17.3. The third-order valence-electron chi connectivity index (χ3n) is 5.80. The Bertz CT molecular complexity index is 1080. The quantitative estimate of drug-likeness (QED) is 0.735. The molecule has 4 rings (SSSR count). The molecule has 1 N–H and O–H groups in total. The number of hydrogen-bond acceptors (Lipinski definition) is 5. The lowest BCUT2D eigenvalue weighted by Crippen LogP contribution is -2.41. The first-order valence-corrected chi connectivity index (χ1v) is 11.4. The van der Waals surface area contributed by atoms with Crippen LogP contribution in [0.5, 0.6) is 0 Å². The van der Waals surface area contributed by atoms with Gasteiger partial charge in [0.25, 0.3) is 11.8 Å². The van der Waals surface area contributed by atoms with Gasteiger partial charge in [0.1, 0.15) is 11.5 Å². The highest BCUT2D eigenvalue weighted by Crippen LogP contribution is 2.28. The SMILES string of the molecule is C[C@H]1CCCC[C@H]1NS(=O)(=O)c1cc(F)ccc1CN1C(=O)c2cccnc2C1=O. The number of hydrogen-bond donors (Lipinski definition) is 1. The maximum Gasteiger partial charge on any atom is 0.280 e. The molecule has 0 unspecified atom stereocenters. The highest BCUT2D eigenvalue weighted by molar-refractivity contribution is 7.89. The van der Waals surface area contributed by atoms with Crippen molar-refractivity contribution in [2.45, 2.75) is 50.1 Å². The molecule has 2 aliphatic rings. The summed E-state index contributed by atoms with van der Waals surface area (Å²) < 4.78 is 42.9. The third kappa shape index (κ3) is 3.75. The molecule has 2 atom stereocenters. The Balaban J connectivity index is 1.65. The summed E-state index contributed by atoms with van der Waals surface area (Å²) in [6, 6.07) is 6.16. The second kappa shape index (κ2) is 7.88. The third-order valence-corrected chi connectivity index (χ3v) is 7.37. The Labute approximate surface area is 174 Å². The second-order valence-corrected chi connectivity index (χ2v) is 9.52. The molecule has 2 amide bonds. The molecule has 1 aromatic carbocycles. The molecule has 2 aromatic rings. The normalized spacial score (nSPS) is 21.7. The summed E-state index contributed by atoms with van der Waals surface area (Å²) in [6.07, 6.45) is 5.03. The molecule has 158 valence electrons. The fourth-order valence-electron chi connectivity index (χ4n) is 4.09. The van der Waals surface area contributed by atoms with E-state index in [0.717, 1.165) is 42.7 Å². The van der Waals surface area contributed by atoms with Crippen LogP contribution in [0.15, 0.2) is 41.4 Å². The van der Waals surface area contributed by atoms with Crippen LogP contribution in [-0.4, -0.2) is 36.2 Å². The summed E-state index contributed by atoms with van der Waals surface area (Å²) in [5, 5.41) is 0. The van der Waals surface area contributed by atoms with Gasteiger partial charge in [0, 0.05) is 12.2 Å². The molecular formula is C21H22FN3O4S. The van der Waals surface area contributed by atoms with Gasteiger partial charge < -0.3 is 0 Å². The lowest BCUT2D eigenvalue weighted by molar-refractivity contribution is 0.0639. The molecule has 1 fully saturated rings. The van der Waals surface area contributed by atoms with Crippen LogP contribution in [0.25, 0.3) is 0 Å². The van der Waals surface area contributed by atoms with Crippen molar-refractivity contribution in [3.8, 4) is 0 Å². The average molecular weight is 431 g/mol. The van der Waals surface area contributed by atoms with Gasteiger partial charge in [0.2, 0.25) is 10.0 Å². The molecule has 1 aromatic heterocycles. The first kappa shape index (κ1) is 20.6. The first-order chi connectivity index (χ1) is 14.3. The molecule has 7 nitrogen and oxygen atoms in total. The van der Waals surface area contributed by atoms with E-state index in [1.54, 1.807) is 6.07 Å². The fourth-order valence-corrected chi connectivity index (χ4v) is 5.71. The highest BCUT2D eigenvalue weighted by Gasteiger charge is 2.38. The van der Waals surface area contributed by atoms with Gasteiger partial charge in [-0.3, -0.25) is 19.5 Å². The molecule has 1 aliphatic heterocycles. The maximum atomic E-state index is 14.0. The van der Waals surface area contributed by atoms with E-state index in [1.807, 2.05) is 6.92 Å². The van der Waals surface area contributed by atoms with Crippen molar-refractivity contribution in [3.63, 3.8) is 0 Å². The van der Waals surface area contributed by atoms with Gasteiger partial charge in [0.15, 0.2) is 0 Å².